The largest absolute Gasteiger partial charge is 0.465 e. The predicted molar refractivity (Wildman–Crippen MR) is 135 cm³/mol. The molecule has 0 spiro atoms. The zero-order chi connectivity index (χ0) is 27.0. The first-order chi connectivity index (χ1) is 18.1. The van der Waals surface area contributed by atoms with Gasteiger partial charge in [-0.15, -0.1) is 0 Å². The number of fused-ring (bicyclic) bond motifs is 2. The van der Waals surface area contributed by atoms with Crippen LogP contribution in [0.15, 0.2) is 18.3 Å². The zero-order valence-electron chi connectivity index (χ0n) is 21.2. The average molecular weight is 528 g/mol. The lowest BCUT2D eigenvalue weighted by molar-refractivity contribution is -0.120. The second-order valence-electron chi connectivity index (χ2n) is 10.4. The van der Waals surface area contributed by atoms with Crippen LogP contribution in [0.25, 0.3) is 0 Å². The number of anilines is 3. The molecule has 3 heterocycles. The normalized spacial score (nSPS) is 20.4. The van der Waals surface area contributed by atoms with E-state index >= 15 is 0 Å². The first-order valence-electron chi connectivity index (χ1n) is 12.5. The summed E-state index contributed by atoms with van der Waals surface area (Å²) in [7, 11) is 0. The van der Waals surface area contributed by atoms with Crippen molar-refractivity contribution in [1.82, 2.24) is 15.3 Å². The highest BCUT2D eigenvalue weighted by Gasteiger charge is 2.34. The molecule has 2 unspecified atom stereocenters. The van der Waals surface area contributed by atoms with Gasteiger partial charge in [-0.2, -0.15) is 0 Å². The number of hydrogen-bond acceptors (Lipinski definition) is 9. The summed E-state index contributed by atoms with van der Waals surface area (Å²) in [6.07, 6.45) is 2.42. The Kier molecular flexibility index (Phi) is 6.88. The van der Waals surface area contributed by atoms with E-state index < -0.39 is 11.6 Å². The standard InChI is InChI=1S/C25H30FN7O5/c1-25(2,27)23(35)30-15-7-14-5-13(6-17(14)18(26)8-15)9-28-4-3-16-11-33(24(36)38-16)19-10-29-22-21(31-19)32-20(34)12-37-22/h7-8,10,13,16,28H,3-6,9,11-12,27H2,1-2H3,(H,30,35)(H,31,32,34). The zero-order valence-corrected chi connectivity index (χ0v) is 21.2. The van der Waals surface area contributed by atoms with Gasteiger partial charge in [0.15, 0.2) is 18.2 Å². The number of carbonyl (C=O) groups excluding carboxylic acids is 3. The van der Waals surface area contributed by atoms with Crippen molar-refractivity contribution in [2.24, 2.45) is 11.7 Å². The van der Waals surface area contributed by atoms with Crippen LogP contribution in [0.4, 0.5) is 26.5 Å². The van der Waals surface area contributed by atoms with E-state index in [2.05, 4.69) is 25.9 Å². The number of ether oxygens (including phenoxy) is 2. The van der Waals surface area contributed by atoms with Crippen LogP contribution in [0.1, 0.15) is 31.4 Å². The molecule has 2 atom stereocenters. The van der Waals surface area contributed by atoms with Gasteiger partial charge >= 0.3 is 6.09 Å². The first-order valence-corrected chi connectivity index (χ1v) is 12.5. The lowest BCUT2D eigenvalue weighted by atomic mass is 10.1. The number of cyclic esters (lactones) is 1. The fourth-order valence-electron chi connectivity index (χ4n) is 4.70. The van der Waals surface area contributed by atoms with Crippen molar-refractivity contribution < 1.29 is 28.2 Å². The van der Waals surface area contributed by atoms with Crippen LogP contribution >= 0.6 is 0 Å². The first kappa shape index (κ1) is 25.8. The third-order valence-electron chi connectivity index (χ3n) is 6.68. The smallest absolute Gasteiger partial charge is 0.415 e. The molecule has 202 valence electrons. The number of nitrogens with zero attached hydrogens (tertiary/aromatic N) is 3. The van der Waals surface area contributed by atoms with Gasteiger partial charge in [-0.1, -0.05) is 0 Å². The Morgan fingerprint density at radius 2 is 2.13 bits per heavy atom. The molecule has 1 aromatic heterocycles. The fraction of sp³-hybridized carbons (Fsp3) is 0.480. The van der Waals surface area contributed by atoms with Crippen LogP contribution in [0.3, 0.4) is 0 Å². The maximum Gasteiger partial charge on any atom is 0.415 e. The summed E-state index contributed by atoms with van der Waals surface area (Å²) >= 11 is 0. The van der Waals surface area contributed by atoms with Crippen molar-refractivity contribution in [3.8, 4) is 5.88 Å². The molecule has 1 aromatic carbocycles. The monoisotopic (exact) mass is 527 g/mol. The maximum absolute atomic E-state index is 14.7. The van der Waals surface area contributed by atoms with Crippen molar-refractivity contribution >= 4 is 35.2 Å². The minimum Gasteiger partial charge on any atom is -0.465 e. The molecule has 0 radical (unpaired) electrons. The third-order valence-corrected chi connectivity index (χ3v) is 6.68. The SMILES string of the molecule is CC(C)(N)C(=O)Nc1cc(F)c2c(c1)CC(CNCCC1CN(c3cnc4c(n3)NC(=O)CO4)C(=O)O1)C2. The number of nitrogens with one attached hydrogen (secondary N) is 3. The summed E-state index contributed by atoms with van der Waals surface area (Å²) in [5.41, 5.74) is 6.72. The molecular weight excluding hydrogens is 497 g/mol. The lowest BCUT2D eigenvalue weighted by Gasteiger charge is -2.18. The number of carbonyl (C=O) groups is 3. The number of benzene rings is 1. The Hall–Kier alpha value is -3.84. The van der Waals surface area contributed by atoms with E-state index in [1.165, 1.54) is 17.2 Å². The Balaban J connectivity index is 1.09. The lowest BCUT2D eigenvalue weighted by Crippen LogP contribution is -2.45. The van der Waals surface area contributed by atoms with Gasteiger partial charge in [-0.3, -0.25) is 14.5 Å². The van der Waals surface area contributed by atoms with Crippen molar-refractivity contribution in [2.75, 3.05) is 41.8 Å². The van der Waals surface area contributed by atoms with Crippen LogP contribution in [0.5, 0.6) is 5.88 Å². The maximum atomic E-state index is 14.7. The van der Waals surface area contributed by atoms with Gasteiger partial charge in [-0.05, 0) is 75.4 Å². The van der Waals surface area contributed by atoms with Crippen LogP contribution < -0.4 is 31.3 Å². The number of aromatic nitrogens is 2. The van der Waals surface area contributed by atoms with E-state index in [4.69, 9.17) is 15.2 Å². The number of amides is 3. The van der Waals surface area contributed by atoms with Crippen molar-refractivity contribution in [2.45, 2.75) is 44.8 Å². The van der Waals surface area contributed by atoms with E-state index in [-0.39, 0.29) is 53.8 Å². The average Bonchev–Trinajstić information content (AvgIpc) is 3.44. The highest BCUT2D eigenvalue weighted by molar-refractivity contribution is 5.97. The molecule has 0 saturated carbocycles. The van der Waals surface area contributed by atoms with E-state index in [9.17, 15) is 18.8 Å². The van der Waals surface area contributed by atoms with Crippen molar-refractivity contribution in [1.29, 1.82) is 0 Å². The Morgan fingerprint density at radius 1 is 1.32 bits per heavy atom. The third kappa shape index (κ3) is 5.53. The summed E-state index contributed by atoms with van der Waals surface area (Å²) < 4.78 is 25.4. The summed E-state index contributed by atoms with van der Waals surface area (Å²) in [5.74, 6) is -0.191. The van der Waals surface area contributed by atoms with Crippen LogP contribution in [-0.4, -0.2) is 65.8 Å². The molecule has 13 heteroatoms. The molecule has 5 N–H and O–H groups in total. The molecule has 1 aliphatic carbocycles. The van der Waals surface area contributed by atoms with Gasteiger partial charge in [0.05, 0.1) is 18.3 Å². The molecule has 2 aromatic rings. The van der Waals surface area contributed by atoms with Crippen LogP contribution in [0, 0.1) is 11.7 Å². The van der Waals surface area contributed by atoms with Crippen LogP contribution in [-0.2, 0) is 27.2 Å². The van der Waals surface area contributed by atoms with Gasteiger partial charge in [-0.25, -0.2) is 19.2 Å². The molecule has 3 aliphatic rings. The topological polar surface area (TPSA) is 161 Å². The molecule has 5 rings (SSSR count). The van der Waals surface area contributed by atoms with Crippen LogP contribution in [0.2, 0.25) is 0 Å². The molecule has 2 aliphatic heterocycles. The van der Waals surface area contributed by atoms with E-state index in [1.54, 1.807) is 13.8 Å². The molecular formula is C25H30FN7O5. The number of rotatable bonds is 8. The Labute approximate surface area is 218 Å². The van der Waals surface area contributed by atoms with E-state index in [0.29, 0.717) is 50.1 Å². The number of hydrogen-bond donors (Lipinski definition) is 4. The second-order valence-corrected chi connectivity index (χ2v) is 10.4. The Bertz CT molecular complexity index is 1280. The molecule has 0 bridgehead atoms. The quantitative estimate of drug-likeness (QED) is 0.371. The van der Waals surface area contributed by atoms with Gasteiger partial charge in [0.2, 0.25) is 5.91 Å². The number of halogens is 1. The summed E-state index contributed by atoms with van der Waals surface area (Å²) in [6.45, 7) is 4.64. The molecule has 1 saturated heterocycles. The van der Waals surface area contributed by atoms with E-state index in [1.807, 2.05) is 6.07 Å². The minimum atomic E-state index is -1.06. The fourth-order valence-corrected chi connectivity index (χ4v) is 4.70. The number of nitrogens with two attached hydrogens (primary N) is 1. The van der Waals surface area contributed by atoms with Crippen molar-refractivity contribution in [3.05, 3.63) is 35.3 Å². The molecule has 1 fully saturated rings. The minimum absolute atomic E-state index is 0.129. The molecule has 12 nitrogen and oxygen atoms in total. The summed E-state index contributed by atoms with van der Waals surface area (Å²) in [6, 6.07) is 3.15. The highest BCUT2D eigenvalue weighted by atomic mass is 19.1. The van der Waals surface area contributed by atoms with Crippen molar-refractivity contribution in [3.63, 3.8) is 0 Å². The van der Waals surface area contributed by atoms with Gasteiger partial charge in [0.1, 0.15) is 11.9 Å². The van der Waals surface area contributed by atoms with Gasteiger partial charge in [0.25, 0.3) is 11.8 Å². The van der Waals surface area contributed by atoms with E-state index in [0.717, 1.165) is 5.56 Å². The summed E-state index contributed by atoms with van der Waals surface area (Å²) in [4.78, 5) is 45.8. The van der Waals surface area contributed by atoms with Gasteiger partial charge < -0.3 is 31.2 Å². The predicted octanol–water partition coefficient (Wildman–Crippen LogP) is 1.34. The molecule has 3 amide bonds. The second kappa shape index (κ2) is 10.1. The highest BCUT2D eigenvalue weighted by Crippen LogP contribution is 2.32. The molecule has 38 heavy (non-hydrogen) atoms. The van der Waals surface area contributed by atoms with Gasteiger partial charge in [0, 0.05) is 5.69 Å². The summed E-state index contributed by atoms with van der Waals surface area (Å²) in [5, 5.41) is 8.64. The Morgan fingerprint density at radius 3 is 2.92 bits per heavy atom.